The number of alkyl halides is 24. The Kier molecular flexibility index (Phi) is 22.2. The lowest BCUT2D eigenvalue weighted by molar-refractivity contribution is -0.672. The summed E-state index contributed by atoms with van der Waals surface area (Å²) in [6.45, 7) is 2.63. The maximum atomic E-state index is 14.2. The molecule has 0 N–H and O–H groups in total. The van der Waals surface area contributed by atoms with Crippen molar-refractivity contribution in [2.45, 2.75) is 134 Å². The predicted octanol–water partition coefficient (Wildman–Crippen LogP) is 19.2. The number of benzene rings is 6. The van der Waals surface area contributed by atoms with Crippen LogP contribution in [-0.2, 0) is 62.4 Å². The van der Waals surface area contributed by atoms with Crippen LogP contribution in [0.1, 0.15) is 132 Å². The third-order valence-electron chi connectivity index (χ3n) is 14.9. The Hall–Kier alpha value is -7.48. The monoisotopic (exact) mass is 1310 g/mol. The molecule has 0 fully saturated rings. The number of ketones is 1. The van der Waals surface area contributed by atoms with Crippen LogP contribution in [0, 0.1) is 0 Å². The van der Waals surface area contributed by atoms with Gasteiger partial charge in [-0.3, -0.25) is 4.79 Å². The minimum atomic E-state index is -6.13. The van der Waals surface area contributed by atoms with Crippen molar-refractivity contribution >= 4 is 33.8 Å². The smallest absolute Gasteiger partial charge is 0.287 e. The van der Waals surface area contributed by atoms with E-state index in [1.165, 1.54) is 69.8 Å². The standard InChI is InChI=1S/C32H12BF24.C31H40NO/c34-25(35,36)13-1-14(26(37,38)39)6-21(5-13)33(22-7-15(27(40,41)42)2-16(8-22)28(43,44)45,23-9-17(29(46,47)48)3-18(10-23)30(49,50)51)24-11-19(31(52,53)54)4-20(12-24)32(55,56)57;1-2-3-4-5-6-7-8-9-10-12-17-27-21-23-28(24-22-27)30-20-15-16-25-32(30)26-31(33)29-18-13-11-14-19-29/h1-12H;11,13-16,18-25H,2-10,12,17,26H2,1H3/q-1;+1. The van der Waals surface area contributed by atoms with Crippen LogP contribution >= 0.6 is 0 Å². The molecule has 0 bridgehead atoms. The van der Waals surface area contributed by atoms with Crippen LogP contribution < -0.4 is 26.4 Å². The van der Waals surface area contributed by atoms with E-state index in [1.54, 1.807) is 0 Å². The highest BCUT2D eigenvalue weighted by molar-refractivity contribution is 7.20. The van der Waals surface area contributed by atoms with E-state index in [0.29, 0.717) is 6.54 Å². The van der Waals surface area contributed by atoms with Gasteiger partial charge in [0.1, 0.15) is 6.15 Å². The molecule has 0 aliphatic rings. The molecule has 1 aromatic heterocycles. The number of nitrogens with zero attached hydrogens (tertiary/aromatic N) is 1. The molecule has 7 aromatic rings. The van der Waals surface area contributed by atoms with Gasteiger partial charge in [-0.1, -0.05) is 156 Å². The normalized spacial score (nSPS) is 13.1. The zero-order valence-electron chi connectivity index (χ0n) is 46.9. The molecule has 0 atom stereocenters. The molecule has 0 saturated carbocycles. The fourth-order valence-corrected chi connectivity index (χ4v) is 10.5. The number of unbranched alkanes of at least 4 members (excludes halogenated alkanes) is 9. The average Bonchev–Trinajstić information content (AvgIpc) is 0.710. The molecule has 6 aromatic carbocycles. The van der Waals surface area contributed by atoms with E-state index >= 15 is 0 Å². The van der Waals surface area contributed by atoms with Gasteiger partial charge in [-0.05, 0) is 60.9 Å². The van der Waals surface area contributed by atoms with Gasteiger partial charge in [-0.15, -0.1) is 0 Å². The van der Waals surface area contributed by atoms with Gasteiger partial charge in [-0.2, -0.15) is 132 Å². The topological polar surface area (TPSA) is 20.9 Å². The first-order valence-electron chi connectivity index (χ1n) is 27.6. The number of aryl methyl sites for hydroxylation is 1. The number of rotatable bonds is 19. The second-order valence-electron chi connectivity index (χ2n) is 21.4. The van der Waals surface area contributed by atoms with Gasteiger partial charge in [0.15, 0.2) is 6.20 Å². The summed E-state index contributed by atoms with van der Waals surface area (Å²) >= 11 is 0. The number of aromatic nitrogens is 1. The highest BCUT2D eigenvalue weighted by Crippen LogP contribution is 2.42. The van der Waals surface area contributed by atoms with Gasteiger partial charge in [0, 0.05) is 23.3 Å². The number of hydrogen-bond donors (Lipinski definition) is 0. The Morgan fingerprint density at radius 2 is 0.633 bits per heavy atom. The van der Waals surface area contributed by atoms with Crippen molar-refractivity contribution in [2.75, 3.05) is 0 Å². The van der Waals surface area contributed by atoms with Gasteiger partial charge in [0.25, 0.3) is 0 Å². The van der Waals surface area contributed by atoms with Gasteiger partial charge >= 0.3 is 49.4 Å². The maximum absolute atomic E-state index is 14.2. The second kappa shape index (κ2) is 28.0. The first-order chi connectivity index (χ1) is 41.5. The summed E-state index contributed by atoms with van der Waals surface area (Å²) in [5, 5.41) is 0. The lowest BCUT2D eigenvalue weighted by Gasteiger charge is -2.46. The summed E-state index contributed by atoms with van der Waals surface area (Å²) in [6, 6.07) is 15.7. The number of Topliss-reactive ketones (excluding diaryl/α,β-unsaturated/α-hetero) is 1. The molecule has 0 saturated heterocycles. The first kappa shape index (κ1) is 71.6. The van der Waals surface area contributed by atoms with Crippen molar-refractivity contribution in [3.05, 3.63) is 207 Å². The summed E-state index contributed by atoms with van der Waals surface area (Å²) in [4.78, 5) is 12.7. The quantitative estimate of drug-likeness (QED) is 0.0260. The van der Waals surface area contributed by atoms with Crippen molar-refractivity contribution in [1.82, 2.24) is 0 Å². The summed E-state index contributed by atoms with van der Waals surface area (Å²) in [5.41, 5.74) is -25.8. The molecule has 0 aliphatic carbocycles. The van der Waals surface area contributed by atoms with Gasteiger partial charge < -0.3 is 0 Å². The Morgan fingerprint density at radius 3 is 0.933 bits per heavy atom. The highest BCUT2D eigenvalue weighted by Gasteiger charge is 2.47. The van der Waals surface area contributed by atoms with Crippen LogP contribution in [0.15, 0.2) is 152 Å². The SMILES string of the molecule is CCCCCCCCCCCCc1ccc(-c2cccc[n+]2CC(=O)c2ccccc2)cc1.FC(F)(F)c1cc([B-](c2cc(C(F)(F)F)cc(C(F)(F)F)c2)(c2cc(C(F)(F)F)cc(C(F)(F)F)c2)c2cc(C(F)(F)F)cc(C(F)(F)F)c2)cc(C(F)(F)F)c1. The van der Waals surface area contributed by atoms with E-state index in [4.69, 9.17) is 0 Å². The molecule has 486 valence electrons. The lowest BCUT2D eigenvalue weighted by atomic mass is 9.12. The summed E-state index contributed by atoms with van der Waals surface area (Å²) < 4.78 is 343. The van der Waals surface area contributed by atoms with Crippen molar-refractivity contribution < 1.29 is 115 Å². The molecular formula is C63H52BF24NO. The zero-order valence-corrected chi connectivity index (χ0v) is 46.9. The molecule has 0 unspecified atom stereocenters. The van der Waals surface area contributed by atoms with E-state index in [-0.39, 0.29) is 5.78 Å². The average molecular weight is 1310 g/mol. The summed E-state index contributed by atoms with van der Waals surface area (Å²) in [7, 11) is 0. The summed E-state index contributed by atoms with van der Waals surface area (Å²) in [6.07, 6.45) is -37.9. The largest absolute Gasteiger partial charge is 0.416 e. The fourth-order valence-electron chi connectivity index (χ4n) is 10.5. The van der Waals surface area contributed by atoms with Crippen molar-refractivity contribution in [3.63, 3.8) is 0 Å². The second-order valence-corrected chi connectivity index (χ2v) is 21.4. The van der Waals surface area contributed by atoms with Crippen LogP contribution in [-0.4, -0.2) is 11.9 Å². The van der Waals surface area contributed by atoms with Gasteiger partial charge in [0.2, 0.25) is 18.0 Å². The van der Waals surface area contributed by atoms with Crippen LogP contribution in [0.4, 0.5) is 105 Å². The van der Waals surface area contributed by atoms with E-state index in [1.807, 2.05) is 53.2 Å². The number of halogens is 24. The lowest BCUT2D eigenvalue weighted by Crippen LogP contribution is -2.75. The highest BCUT2D eigenvalue weighted by atomic mass is 19.4. The van der Waals surface area contributed by atoms with Gasteiger partial charge in [0.05, 0.1) is 44.5 Å². The Labute approximate surface area is 499 Å². The molecule has 2 nitrogen and oxygen atoms in total. The molecule has 0 radical (unpaired) electrons. The van der Waals surface area contributed by atoms with Crippen molar-refractivity contribution in [1.29, 1.82) is 0 Å². The first-order valence-corrected chi connectivity index (χ1v) is 27.6. The van der Waals surface area contributed by atoms with Crippen molar-refractivity contribution in [2.24, 2.45) is 0 Å². The number of hydrogen-bond acceptors (Lipinski definition) is 1. The summed E-state index contributed by atoms with van der Waals surface area (Å²) in [5.74, 6) is 0.130. The molecule has 0 amide bonds. The molecule has 0 spiro atoms. The molecular weight excluding hydrogens is 1250 g/mol. The Balaban J connectivity index is 0.000000330. The third-order valence-corrected chi connectivity index (χ3v) is 14.9. The van der Waals surface area contributed by atoms with Gasteiger partial charge in [-0.25, -0.2) is 0 Å². The third kappa shape index (κ3) is 18.6. The fraction of sp³-hybridized carbons (Fsp3) is 0.333. The minimum absolute atomic E-state index is 0.130. The van der Waals surface area contributed by atoms with E-state index in [9.17, 15) is 110 Å². The molecule has 1 heterocycles. The molecule has 27 heteroatoms. The zero-order chi connectivity index (χ0) is 67.1. The molecule has 90 heavy (non-hydrogen) atoms. The van der Waals surface area contributed by atoms with Crippen LogP contribution in [0.2, 0.25) is 0 Å². The van der Waals surface area contributed by atoms with Crippen molar-refractivity contribution in [3.8, 4) is 11.3 Å². The predicted molar refractivity (Wildman–Crippen MR) is 288 cm³/mol. The molecule has 0 aliphatic heterocycles. The minimum Gasteiger partial charge on any atom is -0.287 e. The number of carbonyl (C=O) groups excluding carboxylic acids is 1. The van der Waals surface area contributed by atoms with E-state index < -0.39 is 195 Å². The molecule has 7 rings (SSSR count). The van der Waals surface area contributed by atoms with Crippen LogP contribution in [0.25, 0.3) is 11.3 Å². The number of carbonyl (C=O) groups is 1. The van der Waals surface area contributed by atoms with Crippen LogP contribution in [0.5, 0.6) is 0 Å². The van der Waals surface area contributed by atoms with E-state index in [0.717, 1.165) is 23.2 Å². The number of pyridine rings is 1. The van der Waals surface area contributed by atoms with E-state index in [2.05, 4.69) is 37.3 Å². The Bertz CT molecular complexity index is 3100. The van der Waals surface area contributed by atoms with Crippen LogP contribution in [0.3, 0.4) is 0 Å². The maximum Gasteiger partial charge on any atom is 0.416 e. The Morgan fingerprint density at radius 1 is 0.344 bits per heavy atom.